The first-order valence-electron chi connectivity index (χ1n) is 12.0. The zero-order valence-electron chi connectivity index (χ0n) is 21.6. The van der Waals surface area contributed by atoms with Crippen LogP contribution in [0.25, 0.3) is 0 Å². The zero-order chi connectivity index (χ0) is 28.7. The second-order valence-corrected chi connectivity index (χ2v) is 10.6. The molecule has 3 rings (SSSR count). The van der Waals surface area contributed by atoms with Gasteiger partial charge in [-0.1, -0.05) is 19.1 Å². The second-order valence-electron chi connectivity index (χ2n) is 8.93. The van der Waals surface area contributed by atoms with Gasteiger partial charge in [-0.25, -0.2) is 13.2 Å². The molecule has 0 saturated carbocycles. The summed E-state index contributed by atoms with van der Waals surface area (Å²) in [5.74, 6) is -2.97. The second kappa shape index (κ2) is 13.0. The molecule has 1 fully saturated rings. The van der Waals surface area contributed by atoms with Gasteiger partial charge in [0.05, 0.1) is 16.3 Å². The standard InChI is InChI=1S/C23H32N4O3S.C2HF3O2/c1-5-18(4)25-23(28)19-8-9-21(27-12-10-24-11-13-27)20(15-19)26-31(29,30)22-14-16(2)6-7-17(22)3;3-2(4,5)1(6)7/h6-9,14-15,18,24,26H,5,10-13H2,1-4H3,(H,25,28);(H,6,7). The fraction of sp³-hybridized carbons (Fsp3) is 0.440. The number of nitrogens with zero attached hydrogens (tertiary/aromatic N) is 1. The monoisotopic (exact) mass is 558 g/mol. The average molecular weight is 559 g/mol. The molecule has 1 amide bonds. The Kier molecular flexibility index (Phi) is 10.5. The zero-order valence-corrected chi connectivity index (χ0v) is 22.5. The molecule has 1 unspecified atom stereocenters. The van der Waals surface area contributed by atoms with E-state index in [0.717, 1.165) is 43.9 Å². The van der Waals surface area contributed by atoms with Crippen molar-refractivity contribution in [2.45, 2.75) is 51.2 Å². The molecule has 210 valence electrons. The lowest BCUT2D eigenvalue weighted by Gasteiger charge is -2.31. The van der Waals surface area contributed by atoms with Crippen LogP contribution < -0.4 is 20.3 Å². The number of carboxylic acid groups (broad SMARTS) is 1. The van der Waals surface area contributed by atoms with E-state index < -0.39 is 22.2 Å². The van der Waals surface area contributed by atoms with E-state index in [4.69, 9.17) is 9.90 Å². The lowest BCUT2D eigenvalue weighted by atomic mass is 10.1. The first-order chi connectivity index (χ1) is 17.7. The van der Waals surface area contributed by atoms with Crippen LogP contribution in [0.4, 0.5) is 24.5 Å². The third kappa shape index (κ3) is 8.62. The number of nitrogens with one attached hydrogen (secondary N) is 3. The van der Waals surface area contributed by atoms with Crippen LogP contribution in [-0.2, 0) is 14.8 Å². The normalized spacial score (nSPS) is 14.7. The van der Waals surface area contributed by atoms with Gasteiger partial charge in [-0.15, -0.1) is 0 Å². The van der Waals surface area contributed by atoms with Gasteiger partial charge < -0.3 is 20.6 Å². The molecule has 1 atom stereocenters. The van der Waals surface area contributed by atoms with Crippen LogP contribution >= 0.6 is 0 Å². The molecule has 2 aromatic rings. The summed E-state index contributed by atoms with van der Waals surface area (Å²) in [6.45, 7) is 10.7. The predicted molar refractivity (Wildman–Crippen MR) is 139 cm³/mol. The number of hydrogen-bond acceptors (Lipinski definition) is 6. The van der Waals surface area contributed by atoms with E-state index in [2.05, 4.69) is 20.3 Å². The highest BCUT2D eigenvalue weighted by Crippen LogP contribution is 2.31. The van der Waals surface area contributed by atoms with Crippen molar-refractivity contribution in [1.82, 2.24) is 10.6 Å². The minimum Gasteiger partial charge on any atom is -0.475 e. The lowest BCUT2D eigenvalue weighted by Crippen LogP contribution is -2.43. The topological polar surface area (TPSA) is 128 Å². The number of piperazine rings is 1. The molecule has 9 nitrogen and oxygen atoms in total. The van der Waals surface area contributed by atoms with E-state index in [0.29, 0.717) is 16.8 Å². The summed E-state index contributed by atoms with van der Waals surface area (Å²) in [6, 6.07) is 10.6. The maximum atomic E-state index is 13.3. The number of carboxylic acids is 1. The van der Waals surface area contributed by atoms with Crippen LogP contribution in [0.5, 0.6) is 0 Å². The number of benzene rings is 2. The molecule has 1 aliphatic rings. The van der Waals surface area contributed by atoms with Crippen LogP contribution in [0.2, 0.25) is 0 Å². The molecule has 0 bridgehead atoms. The van der Waals surface area contributed by atoms with E-state index in [1.807, 2.05) is 32.9 Å². The number of rotatable bonds is 7. The molecule has 13 heteroatoms. The van der Waals surface area contributed by atoms with Gasteiger partial charge in [-0.3, -0.25) is 9.52 Å². The van der Waals surface area contributed by atoms with Gasteiger partial charge in [-0.05, 0) is 62.6 Å². The van der Waals surface area contributed by atoms with Gasteiger partial charge >= 0.3 is 12.1 Å². The van der Waals surface area contributed by atoms with Crippen molar-refractivity contribution in [3.63, 3.8) is 0 Å². The minimum absolute atomic E-state index is 0.0374. The van der Waals surface area contributed by atoms with E-state index >= 15 is 0 Å². The van der Waals surface area contributed by atoms with Gasteiger partial charge in [0, 0.05) is 37.8 Å². The lowest BCUT2D eigenvalue weighted by molar-refractivity contribution is -0.192. The highest BCUT2D eigenvalue weighted by molar-refractivity contribution is 7.92. The van der Waals surface area contributed by atoms with Crippen molar-refractivity contribution in [2.75, 3.05) is 35.8 Å². The summed E-state index contributed by atoms with van der Waals surface area (Å²) >= 11 is 0. The van der Waals surface area contributed by atoms with Crippen LogP contribution in [0, 0.1) is 13.8 Å². The Bertz CT molecular complexity index is 1250. The maximum absolute atomic E-state index is 13.3. The Morgan fingerprint density at radius 2 is 1.71 bits per heavy atom. The first kappa shape index (κ1) is 30.9. The van der Waals surface area contributed by atoms with E-state index in [1.165, 1.54) is 0 Å². The van der Waals surface area contributed by atoms with Crippen molar-refractivity contribution in [3.8, 4) is 0 Å². The summed E-state index contributed by atoms with van der Waals surface area (Å²) < 4.78 is 61.0. The molecule has 38 heavy (non-hydrogen) atoms. The molecule has 1 heterocycles. The number of carbonyl (C=O) groups excluding carboxylic acids is 1. The van der Waals surface area contributed by atoms with Crippen LogP contribution in [0.1, 0.15) is 41.8 Å². The highest BCUT2D eigenvalue weighted by atomic mass is 32.2. The number of alkyl halides is 3. The smallest absolute Gasteiger partial charge is 0.475 e. The maximum Gasteiger partial charge on any atom is 0.490 e. The molecule has 0 aromatic heterocycles. The van der Waals surface area contributed by atoms with E-state index in [9.17, 15) is 26.4 Å². The summed E-state index contributed by atoms with van der Waals surface area (Å²) in [5, 5.41) is 13.4. The third-order valence-corrected chi connectivity index (χ3v) is 7.33. The van der Waals surface area contributed by atoms with Crippen molar-refractivity contribution in [1.29, 1.82) is 0 Å². The summed E-state index contributed by atoms with van der Waals surface area (Å²) in [4.78, 5) is 23.9. The van der Waals surface area contributed by atoms with Gasteiger partial charge in [0.15, 0.2) is 0 Å². The summed E-state index contributed by atoms with van der Waals surface area (Å²) in [7, 11) is -3.82. The number of hydrogen-bond donors (Lipinski definition) is 4. The number of sulfonamides is 1. The molecule has 2 aromatic carbocycles. The van der Waals surface area contributed by atoms with Gasteiger partial charge in [0.25, 0.3) is 15.9 Å². The summed E-state index contributed by atoms with van der Waals surface area (Å²) in [5.41, 5.74) is 3.16. The molecular weight excluding hydrogens is 525 g/mol. The number of carbonyl (C=O) groups is 2. The number of anilines is 2. The van der Waals surface area contributed by atoms with Gasteiger partial charge in [0.1, 0.15) is 0 Å². The van der Waals surface area contributed by atoms with Crippen molar-refractivity contribution in [2.24, 2.45) is 0 Å². The Hall–Kier alpha value is -3.32. The largest absolute Gasteiger partial charge is 0.490 e. The molecule has 1 saturated heterocycles. The number of halogens is 3. The van der Waals surface area contributed by atoms with Crippen molar-refractivity contribution in [3.05, 3.63) is 53.1 Å². The molecule has 0 radical (unpaired) electrons. The van der Waals surface area contributed by atoms with E-state index in [-0.39, 0.29) is 16.8 Å². The number of aliphatic carboxylic acids is 1. The molecular formula is C25H33F3N4O5S. The number of aryl methyl sites for hydroxylation is 2. The fourth-order valence-corrected chi connectivity index (χ4v) is 4.94. The van der Waals surface area contributed by atoms with Crippen LogP contribution in [-0.4, -0.2) is 63.8 Å². The quantitative estimate of drug-likeness (QED) is 0.408. The van der Waals surface area contributed by atoms with Gasteiger partial charge in [0.2, 0.25) is 0 Å². The molecule has 1 aliphatic heterocycles. The molecule has 0 spiro atoms. The Balaban J connectivity index is 0.000000638. The number of amides is 1. The van der Waals surface area contributed by atoms with Crippen molar-refractivity contribution >= 4 is 33.3 Å². The van der Waals surface area contributed by atoms with Crippen LogP contribution in [0.3, 0.4) is 0 Å². The minimum atomic E-state index is -5.08. The third-order valence-electron chi connectivity index (χ3n) is 5.83. The SMILES string of the molecule is CCC(C)NC(=O)c1ccc(N2CCNCC2)c(NS(=O)(=O)c2cc(C)ccc2C)c1.O=C(O)C(F)(F)F. The Morgan fingerprint density at radius 3 is 2.26 bits per heavy atom. The predicted octanol–water partition coefficient (Wildman–Crippen LogP) is 3.68. The Labute approximate surface area is 220 Å². The first-order valence-corrected chi connectivity index (χ1v) is 13.4. The summed E-state index contributed by atoms with van der Waals surface area (Å²) in [6.07, 6.45) is -4.27. The Morgan fingerprint density at radius 1 is 1.11 bits per heavy atom. The van der Waals surface area contributed by atoms with E-state index in [1.54, 1.807) is 31.2 Å². The van der Waals surface area contributed by atoms with Crippen LogP contribution in [0.15, 0.2) is 41.3 Å². The molecule has 0 aliphatic carbocycles. The van der Waals surface area contributed by atoms with Gasteiger partial charge in [-0.2, -0.15) is 13.2 Å². The van der Waals surface area contributed by atoms with Crippen molar-refractivity contribution < 1.29 is 36.3 Å². The molecule has 4 N–H and O–H groups in total. The fourth-order valence-electron chi connectivity index (χ4n) is 3.55. The highest BCUT2D eigenvalue weighted by Gasteiger charge is 2.38. The average Bonchev–Trinajstić information content (AvgIpc) is 2.85.